The summed E-state index contributed by atoms with van der Waals surface area (Å²) in [6.45, 7) is 13.7. The highest BCUT2D eigenvalue weighted by Crippen LogP contribution is 2.38. The van der Waals surface area contributed by atoms with E-state index >= 15 is 0 Å². The Morgan fingerprint density at radius 2 is 1.72 bits per heavy atom. The van der Waals surface area contributed by atoms with Crippen LogP contribution in [0.25, 0.3) is 0 Å². The van der Waals surface area contributed by atoms with Gasteiger partial charge in [0.1, 0.15) is 11.5 Å². The molecule has 25 heavy (non-hydrogen) atoms. The Morgan fingerprint density at radius 1 is 1.12 bits per heavy atom. The van der Waals surface area contributed by atoms with Crippen LogP contribution in [0.4, 0.5) is 0 Å². The van der Waals surface area contributed by atoms with Crippen LogP contribution in [0.1, 0.15) is 53.4 Å². The molecule has 0 amide bonds. The molecule has 1 aromatic carbocycles. The van der Waals surface area contributed by atoms with E-state index < -0.39 is 8.32 Å². The molecule has 1 aliphatic heterocycles. The SMILES string of the molecule is CCCCC[C@H](/C=C/B1Oc2ccccc2O1)O[Si](C)(C)C(C)(C)C. The van der Waals surface area contributed by atoms with Crippen LogP contribution in [-0.4, -0.2) is 21.5 Å². The standard InChI is InChI=1S/C20H33BO3Si/c1-7-8-9-12-17(24-25(5,6)20(2,3)4)15-16-21-22-18-13-10-11-14-19(18)23-21/h10-11,13-17H,7-9,12H2,1-6H3/b16-15+/t17-/m1/s1. The zero-order valence-electron chi connectivity index (χ0n) is 16.7. The zero-order valence-corrected chi connectivity index (χ0v) is 17.7. The lowest BCUT2D eigenvalue weighted by Gasteiger charge is -2.38. The monoisotopic (exact) mass is 360 g/mol. The van der Waals surface area contributed by atoms with Crippen LogP contribution in [0.3, 0.4) is 0 Å². The minimum atomic E-state index is -1.80. The predicted octanol–water partition coefficient (Wildman–Crippen LogP) is 6.01. The van der Waals surface area contributed by atoms with E-state index in [1.54, 1.807) is 0 Å². The van der Waals surface area contributed by atoms with Gasteiger partial charge in [-0.15, -0.1) is 0 Å². The van der Waals surface area contributed by atoms with E-state index in [0.29, 0.717) is 0 Å². The van der Waals surface area contributed by atoms with Crippen LogP contribution in [0, 0.1) is 0 Å². The van der Waals surface area contributed by atoms with E-state index in [9.17, 15) is 0 Å². The highest BCUT2D eigenvalue weighted by molar-refractivity contribution is 6.74. The van der Waals surface area contributed by atoms with Gasteiger partial charge in [-0.25, -0.2) is 0 Å². The number of hydrogen-bond acceptors (Lipinski definition) is 3. The Bertz CT molecular complexity index is 556. The normalized spacial score (nSPS) is 15.8. The largest absolute Gasteiger partial charge is 0.624 e. The number of fused-ring (bicyclic) bond motifs is 1. The number of rotatable bonds is 8. The van der Waals surface area contributed by atoms with Crippen molar-refractivity contribution in [3.8, 4) is 11.5 Å². The maximum atomic E-state index is 6.63. The molecule has 0 aliphatic carbocycles. The first-order valence-electron chi connectivity index (χ1n) is 9.51. The molecular formula is C20H33BO3Si. The first-order chi connectivity index (χ1) is 11.7. The molecular weight excluding hydrogens is 327 g/mol. The van der Waals surface area contributed by atoms with Gasteiger partial charge >= 0.3 is 7.12 Å². The van der Waals surface area contributed by atoms with Crippen molar-refractivity contribution in [1.29, 1.82) is 0 Å². The molecule has 0 saturated carbocycles. The fraction of sp³-hybridized carbons (Fsp3) is 0.600. The van der Waals surface area contributed by atoms with Crippen molar-refractivity contribution in [3.05, 3.63) is 36.3 Å². The Kier molecular flexibility index (Phi) is 6.80. The van der Waals surface area contributed by atoms with E-state index in [2.05, 4.69) is 46.9 Å². The van der Waals surface area contributed by atoms with Crippen molar-refractivity contribution in [1.82, 2.24) is 0 Å². The summed E-state index contributed by atoms with van der Waals surface area (Å²) in [5.41, 5.74) is 0. The average molecular weight is 360 g/mol. The summed E-state index contributed by atoms with van der Waals surface area (Å²) in [7, 11) is -2.15. The third kappa shape index (κ3) is 5.65. The number of para-hydroxylation sites is 2. The van der Waals surface area contributed by atoms with Gasteiger partial charge in [-0.2, -0.15) is 0 Å². The minimum absolute atomic E-state index is 0.128. The molecule has 0 saturated heterocycles. The van der Waals surface area contributed by atoms with Gasteiger partial charge in [0.05, 0.1) is 6.10 Å². The van der Waals surface area contributed by atoms with Crippen LogP contribution in [0.2, 0.25) is 18.1 Å². The van der Waals surface area contributed by atoms with E-state index in [-0.39, 0.29) is 18.3 Å². The van der Waals surface area contributed by atoms with Crippen molar-refractivity contribution in [2.45, 2.75) is 77.6 Å². The second-order valence-corrected chi connectivity index (χ2v) is 13.1. The second-order valence-electron chi connectivity index (χ2n) is 8.35. The van der Waals surface area contributed by atoms with Gasteiger partial charge in [0.2, 0.25) is 0 Å². The Balaban J connectivity index is 2.01. The first kappa shape index (κ1) is 20.1. The van der Waals surface area contributed by atoms with E-state index in [1.165, 1.54) is 19.3 Å². The maximum Gasteiger partial charge on any atom is 0.624 e. The van der Waals surface area contributed by atoms with Crippen LogP contribution < -0.4 is 9.31 Å². The molecule has 0 unspecified atom stereocenters. The summed E-state index contributed by atoms with van der Waals surface area (Å²) in [5.74, 6) is 3.62. The first-order valence-corrected chi connectivity index (χ1v) is 12.4. The maximum absolute atomic E-state index is 6.63. The van der Waals surface area contributed by atoms with Gasteiger partial charge in [-0.05, 0) is 42.7 Å². The van der Waals surface area contributed by atoms with Gasteiger partial charge < -0.3 is 13.7 Å². The summed E-state index contributed by atoms with van der Waals surface area (Å²) in [6.07, 6.45) is 6.98. The third-order valence-corrected chi connectivity index (χ3v) is 9.67. The van der Waals surface area contributed by atoms with E-state index in [4.69, 9.17) is 13.7 Å². The quantitative estimate of drug-likeness (QED) is 0.420. The van der Waals surface area contributed by atoms with Gasteiger partial charge in [0.15, 0.2) is 8.32 Å². The van der Waals surface area contributed by atoms with Crippen molar-refractivity contribution in [3.63, 3.8) is 0 Å². The molecule has 1 atom stereocenters. The lowest BCUT2D eigenvalue weighted by Crippen LogP contribution is -2.43. The molecule has 0 bridgehead atoms. The predicted molar refractivity (Wildman–Crippen MR) is 109 cm³/mol. The lowest BCUT2D eigenvalue weighted by molar-refractivity contribution is 0.211. The van der Waals surface area contributed by atoms with E-state index in [1.807, 2.05) is 30.2 Å². The van der Waals surface area contributed by atoms with Crippen molar-refractivity contribution in [2.24, 2.45) is 0 Å². The summed E-state index contributed by atoms with van der Waals surface area (Å²) in [4.78, 5) is 0. The molecule has 1 aromatic rings. The summed E-state index contributed by atoms with van der Waals surface area (Å²) < 4.78 is 18.3. The molecule has 3 nitrogen and oxygen atoms in total. The van der Waals surface area contributed by atoms with Crippen LogP contribution in [0.15, 0.2) is 36.3 Å². The molecule has 2 rings (SSSR count). The molecule has 0 aromatic heterocycles. The highest BCUT2D eigenvalue weighted by Gasteiger charge is 2.39. The average Bonchev–Trinajstić information content (AvgIpc) is 2.94. The Labute approximate surface area is 155 Å². The molecule has 5 heteroatoms. The molecule has 0 fully saturated rings. The van der Waals surface area contributed by atoms with Crippen LogP contribution in [0.5, 0.6) is 11.5 Å². The topological polar surface area (TPSA) is 27.7 Å². The summed E-state index contributed by atoms with van der Waals surface area (Å²) >= 11 is 0. The summed E-state index contributed by atoms with van der Waals surface area (Å²) in [6, 6.07) is 7.80. The zero-order chi connectivity index (χ0) is 18.5. The second kappa shape index (κ2) is 8.46. The minimum Gasteiger partial charge on any atom is -0.520 e. The number of unbranched alkanes of at least 4 members (excludes halogenated alkanes) is 2. The highest BCUT2D eigenvalue weighted by atomic mass is 28.4. The smallest absolute Gasteiger partial charge is 0.520 e. The van der Waals surface area contributed by atoms with Crippen LogP contribution in [-0.2, 0) is 4.43 Å². The fourth-order valence-corrected chi connectivity index (χ4v) is 3.86. The number of benzene rings is 1. The summed E-state index contributed by atoms with van der Waals surface area (Å²) in [5, 5.41) is 0.209. The van der Waals surface area contributed by atoms with Crippen LogP contribution >= 0.6 is 0 Å². The van der Waals surface area contributed by atoms with Crippen molar-refractivity contribution < 1.29 is 13.7 Å². The van der Waals surface area contributed by atoms with Crippen molar-refractivity contribution >= 4 is 15.4 Å². The molecule has 0 radical (unpaired) electrons. The van der Waals surface area contributed by atoms with Crippen molar-refractivity contribution in [2.75, 3.05) is 0 Å². The molecule has 138 valence electrons. The molecule has 0 spiro atoms. The Morgan fingerprint density at radius 3 is 2.24 bits per heavy atom. The fourth-order valence-electron chi connectivity index (χ4n) is 2.56. The number of hydrogen-bond donors (Lipinski definition) is 0. The lowest BCUT2D eigenvalue weighted by atomic mass is 9.89. The van der Waals surface area contributed by atoms with Gasteiger partial charge in [0, 0.05) is 0 Å². The van der Waals surface area contributed by atoms with E-state index in [0.717, 1.165) is 17.9 Å². The molecule has 1 aliphatic rings. The third-order valence-electron chi connectivity index (χ3n) is 5.16. The van der Waals surface area contributed by atoms with Gasteiger partial charge in [-0.3, -0.25) is 0 Å². The van der Waals surface area contributed by atoms with Gasteiger partial charge in [0.25, 0.3) is 0 Å². The molecule has 1 heterocycles. The van der Waals surface area contributed by atoms with Gasteiger partial charge in [-0.1, -0.05) is 65.2 Å². The Hall–Kier alpha value is -1.20. The molecule has 0 N–H and O–H groups in total.